The third-order valence-corrected chi connectivity index (χ3v) is 4.82. The number of aromatic nitrogens is 1. The topological polar surface area (TPSA) is 124 Å². The van der Waals surface area contributed by atoms with Crippen LogP contribution < -0.4 is 19.9 Å². The molecule has 0 saturated heterocycles. The first-order chi connectivity index (χ1) is 14.2. The average Bonchev–Trinajstić information content (AvgIpc) is 3.17. The maximum Gasteiger partial charge on any atom is 0.417 e. The first kappa shape index (κ1) is 21.3. The Balaban J connectivity index is 1.98. The number of ether oxygens (including phenoxy) is 2. The Morgan fingerprint density at radius 1 is 1.27 bits per heavy atom. The smallest absolute Gasteiger partial charge is 0.417 e. The quantitative estimate of drug-likeness (QED) is 0.670. The number of fused-ring (bicyclic) bond motifs is 1. The predicted molar refractivity (Wildman–Crippen MR) is 94.3 cm³/mol. The number of carbonyl (C=O) groups excluding carboxylic acids is 2. The summed E-state index contributed by atoms with van der Waals surface area (Å²) in [5.41, 5.74) is -1.73. The summed E-state index contributed by atoms with van der Waals surface area (Å²) in [6.07, 6.45) is -4.84. The molecule has 0 fully saturated rings. The molecule has 8 nitrogen and oxygen atoms in total. The minimum atomic E-state index is -4.84. The van der Waals surface area contributed by atoms with E-state index in [0.717, 1.165) is 6.07 Å². The lowest BCUT2D eigenvalue weighted by Crippen LogP contribution is -2.38. The molecular formula is C18H11F3N3O5S-. The lowest BCUT2D eigenvalue weighted by Gasteiger charge is -2.14. The van der Waals surface area contributed by atoms with Crippen molar-refractivity contribution in [2.45, 2.75) is 11.2 Å². The number of nitriles is 1. The van der Waals surface area contributed by atoms with Crippen LogP contribution in [0.15, 0.2) is 29.3 Å². The zero-order valence-electron chi connectivity index (χ0n) is 14.9. The summed E-state index contributed by atoms with van der Waals surface area (Å²) in [4.78, 5) is 26.2. The van der Waals surface area contributed by atoms with Crippen LogP contribution in [0.25, 0.3) is 11.3 Å². The van der Waals surface area contributed by atoms with E-state index in [2.05, 4.69) is 4.98 Å². The van der Waals surface area contributed by atoms with Gasteiger partial charge in [0.2, 0.25) is 12.7 Å². The van der Waals surface area contributed by atoms with E-state index in [0.29, 0.717) is 23.3 Å². The third-order valence-electron chi connectivity index (χ3n) is 3.84. The number of benzene rings is 1. The lowest BCUT2D eigenvalue weighted by molar-refractivity contribution is -0.304. The molecule has 0 spiro atoms. The number of hydrogen-bond donors (Lipinski definition) is 1. The van der Waals surface area contributed by atoms with E-state index in [4.69, 9.17) is 9.47 Å². The fourth-order valence-electron chi connectivity index (χ4n) is 2.52. The number of amides is 1. The number of pyridine rings is 1. The summed E-state index contributed by atoms with van der Waals surface area (Å²) in [5.74, 6) is -1.97. The van der Waals surface area contributed by atoms with Crippen LogP contribution in [0.4, 0.5) is 13.2 Å². The van der Waals surface area contributed by atoms with Crippen LogP contribution >= 0.6 is 11.8 Å². The van der Waals surface area contributed by atoms with Gasteiger partial charge in [-0.2, -0.15) is 18.4 Å². The third kappa shape index (κ3) is 4.74. The molecule has 0 unspecified atom stereocenters. The monoisotopic (exact) mass is 438 g/mol. The zero-order valence-corrected chi connectivity index (χ0v) is 15.7. The van der Waals surface area contributed by atoms with Crippen LogP contribution in [0, 0.1) is 11.3 Å². The molecule has 1 aromatic heterocycles. The van der Waals surface area contributed by atoms with Crippen molar-refractivity contribution in [2.75, 3.05) is 19.1 Å². The summed E-state index contributed by atoms with van der Waals surface area (Å²) in [5, 5.41) is 21.4. The largest absolute Gasteiger partial charge is 0.548 e. The highest BCUT2D eigenvalue weighted by atomic mass is 32.2. The number of rotatable bonds is 6. The molecule has 3 rings (SSSR count). The molecule has 0 atom stereocenters. The minimum absolute atomic E-state index is 0.0184. The fourth-order valence-corrected chi connectivity index (χ4v) is 3.35. The second kappa shape index (κ2) is 8.50. The maximum absolute atomic E-state index is 13.6. The van der Waals surface area contributed by atoms with Gasteiger partial charge in [0.05, 0.1) is 35.1 Å². The maximum atomic E-state index is 13.6. The zero-order chi connectivity index (χ0) is 21.9. The van der Waals surface area contributed by atoms with Gasteiger partial charge in [0.1, 0.15) is 11.1 Å². The van der Waals surface area contributed by atoms with E-state index < -0.39 is 41.5 Å². The van der Waals surface area contributed by atoms with Crippen molar-refractivity contribution in [3.63, 3.8) is 0 Å². The van der Waals surface area contributed by atoms with Crippen molar-refractivity contribution in [1.82, 2.24) is 10.3 Å². The minimum Gasteiger partial charge on any atom is -0.548 e. The van der Waals surface area contributed by atoms with E-state index >= 15 is 0 Å². The Kier molecular flexibility index (Phi) is 6.02. The first-order valence-corrected chi connectivity index (χ1v) is 9.19. The molecule has 2 aromatic rings. The summed E-state index contributed by atoms with van der Waals surface area (Å²) < 4.78 is 51.1. The molecule has 1 N–H and O–H groups in total. The fraction of sp³-hybridized carbons (Fsp3) is 0.222. The van der Waals surface area contributed by atoms with Crippen molar-refractivity contribution in [2.24, 2.45) is 0 Å². The van der Waals surface area contributed by atoms with Gasteiger partial charge in [0.25, 0.3) is 0 Å². The van der Waals surface area contributed by atoms with E-state index in [1.54, 1.807) is 0 Å². The van der Waals surface area contributed by atoms with Crippen molar-refractivity contribution in [3.05, 3.63) is 35.4 Å². The molecule has 1 aliphatic rings. The Morgan fingerprint density at radius 3 is 2.67 bits per heavy atom. The molecule has 0 aliphatic carbocycles. The van der Waals surface area contributed by atoms with E-state index in [1.807, 2.05) is 5.32 Å². The van der Waals surface area contributed by atoms with Crippen LogP contribution in [-0.2, 0) is 15.8 Å². The molecule has 12 heteroatoms. The summed E-state index contributed by atoms with van der Waals surface area (Å²) in [6, 6.07) is 6.69. The second-order valence-corrected chi connectivity index (χ2v) is 6.81. The number of hydrogen-bond acceptors (Lipinski definition) is 8. The number of aliphatic carboxylic acids is 1. The van der Waals surface area contributed by atoms with Gasteiger partial charge in [0, 0.05) is 5.56 Å². The molecule has 156 valence electrons. The van der Waals surface area contributed by atoms with Gasteiger partial charge in [-0.15, -0.1) is 0 Å². The van der Waals surface area contributed by atoms with E-state index in [9.17, 15) is 33.1 Å². The van der Waals surface area contributed by atoms with Crippen molar-refractivity contribution in [1.29, 1.82) is 5.26 Å². The molecule has 0 radical (unpaired) electrons. The number of carbonyl (C=O) groups is 2. The van der Waals surface area contributed by atoms with Crippen LogP contribution in [0.2, 0.25) is 0 Å². The van der Waals surface area contributed by atoms with Gasteiger partial charge >= 0.3 is 6.18 Å². The molecule has 0 saturated carbocycles. The number of carboxylic acid groups (broad SMARTS) is 1. The van der Waals surface area contributed by atoms with E-state index in [1.165, 1.54) is 24.3 Å². The highest BCUT2D eigenvalue weighted by Crippen LogP contribution is 2.40. The van der Waals surface area contributed by atoms with Gasteiger partial charge in [-0.25, -0.2) is 4.98 Å². The predicted octanol–water partition coefficient (Wildman–Crippen LogP) is 1.33. The summed E-state index contributed by atoms with van der Waals surface area (Å²) in [7, 11) is 0. The number of nitrogens with zero attached hydrogens (tertiary/aromatic N) is 2. The van der Waals surface area contributed by atoms with Gasteiger partial charge in [-0.1, -0.05) is 11.8 Å². The van der Waals surface area contributed by atoms with Crippen molar-refractivity contribution >= 4 is 23.6 Å². The molecule has 1 aliphatic heterocycles. The number of thioether (sulfide) groups is 1. The standard InChI is InChI=1S/C18H12F3N3O5S/c19-18(20,21)11-4-12(9-1-2-13-14(3-9)29-8-28-13)24-17(10(11)5-22)30-7-15(25)23-6-16(26)27/h1-4H,6-8H2,(H,23,25)(H,26,27)/p-1. The van der Waals surface area contributed by atoms with Crippen molar-refractivity contribution in [3.8, 4) is 28.8 Å². The molecule has 0 bridgehead atoms. The number of nitrogens with one attached hydrogen (secondary N) is 1. The molecule has 30 heavy (non-hydrogen) atoms. The SMILES string of the molecule is N#Cc1c(C(F)(F)F)cc(-c2ccc3c(c2)OCO3)nc1SCC(=O)NCC(=O)[O-]. The molecular weight excluding hydrogens is 427 g/mol. The first-order valence-electron chi connectivity index (χ1n) is 8.20. The van der Waals surface area contributed by atoms with Crippen LogP contribution in [0.5, 0.6) is 11.5 Å². The Morgan fingerprint density at radius 2 is 2.00 bits per heavy atom. The lowest BCUT2D eigenvalue weighted by atomic mass is 10.0. The Labute approximate surface area is 171 Å². The number of carboxylic acids is 1. The van der Waals surface area contributed by atoms with Crippen molar-refractivity contribution < 1.29 is 37.3 Å². The summed E-state index contributed by atoms with van der Waals surface area (Å²) in [6.45, 7) is -0.765. The van der Waals surface area contributed by atoms with E-state index in [-0.39, 0.29) is 23.1 Å². The van der Waals surface area contributed by atoms with Crippen LogP contribution in [0.3, 0.4) is 0 Å². The molecule has 2 heterocycles. The highest BCUT2D eigenvalue weighted by molar-refractivity contribution is 8.00. The second-order valence-electron chi connectivity index (χ2n) is 5.85. The van der Waals surface area contributed by atoms with Gasteiger partial charge in [0.15, 0.2) is 11.5 Å². The van der Waals surface area contributed by atoms with Gasteiger partial charge in [-0.05, 0) is 24.3 Å². The van der Waals surface area contributed by atoms with Crippen LogP contribution in [0.1, 0.15) is 11.1 Å². The summed E-state index contributed by atoms with van der Waals surface area (Å²) >= 11 is 0.581. The normalized spacial score (nSPS) is 12.3. The van der Waals surface area contributed by atoms with Crippen LogP contribution in [-0.4, -0.2) is 36.0 Å². The molecule has 1 amide bonds. The average molecular weight is 438 g/mol. The Hall–Kier alpha value is -3.46. The highest BCUT2D eigenvalue weighted by Gasteiger charge is 2.36. The Bertz CT molecular complexity index is 1050. The number of alkyl halides is 3. The molecule has 1 aromatic carbocycles. The van der Waals surface area contributed by atoms with Gasteiger partial charge in [-0.3, -0.25) is 4.79 Å². The van der Waals surface area contributed by atoms with Gasteiger partial charge < -0.3 is 24.7 Å². The number of halogens is 3.